The van der Waals surface area contributed by atoms with E-state index in [2.05, 4.69) is 0 Å². The Morgan fingerprint density at radius 1 is 1.25 bits per heavy atom. The number of alkyl halides is 3. The van der Waals surface area contributed by atoms with Crippen LogP contribution in [0.3, 0.4) is 0 Å². The summed E-state index contributed by atoms with van der Waals surface area (Å²) in [6.07, 6.45) is 0.948. The van der Waals surface area contributed by atoms with Crippen molar-refractivity contribution in [2.45, 2.75) is 12.8 Å². The zero-order valence-electron chi connectivity index (χ0n) is 8.60. The van der Waals surface area contributed by atoms with E-state index in [0.29, 0.717) is 11.1 Å². The summed E-state index contributed by atoms with van der Waals surface area (Å²) in [5, 5.41) is 7.10. The Morgan fingerprint density at radius 2 is 1.81 bits per heavy atom. The third kappa shape index (κ3) is 4.15. The number of halogens is 3. The maximum absolute atomic E-state index is 12.0. The van der Waals surface area contributed by atoms with Gasteiger partial charge in [0.05, 0.1) is 0 Å². The average Bonchev–Trinajstić information content (AvgIpc) is 2.20. The number of hydrogen-bond acceptors (Lipinski definition) is 1. The number of benzene rings is 1. The highest BCUT2D eigenvalue weighted by atomic mass is 31.1. The van der Waals surface area contributed by atoms with Crippen molar-refractivity contribution in [3.63, 3.8) is 0 Å². The van der Waals surface area contributed by atoms with Gasteiger partial charge in [-0.05, 0) is 23.9 Å². The fourth-order valence-corrected chi connectivity index (χ4v) is 1.68. The van der Waals surface area contributed by atoms with E-state index in [1.165, 1.54) is 0 Å². The van der Waals surface area contributed by atoms with E-state index in [1.54, 1.807) is 12.1 Å². The largest absolute Gasteiger partial charge is 0.405 e. The summed E-state index contributed by atoms with van der Waals surface area (Å²) in [6.45, 7) is 1.90. The fourth-order valence-electron chi connectivity index (χ4n) is 1.11. The van der Waals surface area contributed by atoms with Crippen LogP contribution in [0.4, 0.5) is 13.2 Å². The standard InChI is InChI=1S/C11H11F3NP/c1-8-2-4-9(5-3-8)10(6-15)7-16-11(12,13)14/h2-7,15-16H,1H3/b10-7+,15-6?. The van der Waals surface area contributed by atoms with Crippen molar-refractivity contribution >= 4 is 20.4 Å². The summed E-state index contributed by atoms with van der Waals surface area (Å²) in [5.41, 5.74) is 1.97. The van der Waals surface area contributed by atoms with Gasteiger partial charge in [-0.2, -0.15) is 13.2 Å². The molecule has 16 heavy (non-hydrogen) atoms. The minimum Gasteiger partial charge on any atom is -0.308 e. The Balaban J connectivity index is 2.90. The maximum atomic E-state index is 12.0. The first kappa shape index (κ1) is 12.9. The molecule has 1 N–H and O–H groups in total. The van der Waals surface area contributed by atoms with Gasteiger partial charge in [-0.3, -0.25) is 0 Å². The maximum Gasteiger partial charge on any atom is 0.405 e. The molecule has 0 heterocycles. The van der Waals surface area contributed by atoms with Crippen molar-refractivity contribution in [2.24, 2.45) is 0 Å². The van der Waals surface area contributed by atoms with Gasteiger partial charge >= 0.3 is 5.92 Å². The average molecular weight is 245 g/mol. The molecule has 0 spiro atoms. The predicted molar refractivity (Wildman–Crippen MR) is 62.3 cm³/mol. The molecule has 0 radical (unpaired) electrons. The minimum atomic E-state index is -4.20. The topological polar surface area (TPSA) is 23.9 Å². The lowest BCUT2D eigenvalue weighted by atomic mass is 10.1. The van der Waals surface area contributed by atoms with Crippen molar-refractivity contribution in [3.8, 4) is 0 Å². The number of rotatable bonds is 3. The predicted octanol–water partition coefficient (Wildman–Crippen LogP) is 4.18. The molecule has 1 unspecified atom stereocenters. The zero-order valence-corrected chi connectivity index (χ0v) is 9.60. The van der Waals surface area contributed by atoms with Crippen LogP contribution < -0.4 is 0 Å². The number of aryl methyl sites for hydroxylation is 1. The zero-order chi connectivity index (χ0) is 12.2. The summed E-state index contributed by atoms with van der Waals surface area (Å²) < 4.78 is 36.1. The molecule has 5 heteroatoms. The molecule has 0 saturated carbocycles. The molecule has 1 aromatic rings. The van der Waals surface area contributed by atoms with Crippen LogP contribution in [0.5, 0.6) is 0 Å². The Kier molecular flexibility index (Phi) is 4.25. The molecular weight excluding hydrogens is 234 g/mol. The van der Waals surface area contributed by atoms with Crippen LogP contribution in [0, 0.1) is 12.3 Å². The molecule has 0 bridgehead atoms. The third-order valence-corrected chi connectivity index (χ3v) is 2.71. The SMILES string of the molecule is Cc1ccc(/C(C=N)=C/PC(F)(F)F)cc1. The van der Waals surface area contributed by atoms with Gasteiger partial charge in [0.2, 0.25) is 0 Å². The molecule has 0 aliphatic heterocycles. The van der Waals surface area contributed by atoms with Gasteiger partial charge in [0.15, 0.2) is 0 Å². The third-order valence-electron chi connectivity index (χ3n) is 1.93. The molecule has 1 aromatic carbocycles. The molecular formula is C11H11F3NP. The summed E-state index contributed by atoms with van der Waals surface area (Å²) in [7, 11) is -1.26. The summed E-state index contributed by atoms with van der Waals surface area (Å²) >= 11 is 0. The van der Waals surface area contributed by atoms with Gasteiger partial charge in [0.25, 0.3) is 0 Å². The fraction of sp³-hybridized carbons (Fsp3) is 0.182. The highest BCUT2D eigenvalue weighted by Crippen LogP contribution is 2.39. The van der Waals surface area contributed by atoms with E-state index in [9.17, 15) is 13.2 Å². The van der Waals surface area contributed by atoms with Crippen molar-refractivity contribution in [1.29, 1.82) is 5.41 Å². The first-order valence-corrected chi connectivity index (χ1v) is 5.62. The van der Waals surface area contributed by atoms with Crippen molar-refractivity contribution in [3.05, 3.63) is 41.2 Å². The lowest BCUT2D eigenvalue weighted by Gasteiger charge is -2.05. The first-order valence-electron chi connectivity index (χ1n) is 4.54. The molecule has 0 aliphatic rings. The van der Waals surface area contributed by atoms with Gasteiger partial charge in [-0.1, -0.05) is 29.8 Å². The minimum absolute atomic E-state index is 0.302. The quantitative estimate of drug-likeness (QED) is 0.610. The first-order chi connectivity index (χ1) is 7.42. The second-order valence-corrected chi connectivity index (χ2v) is 4.40. The monoisotopic (exact) mass is 245 g/mol. The van der Waals surface area contributed by atoms with Crippen LogP contribution in [0.15, 0.2) is 30.1 Å². The Hall–Kier alpha value is -1.15. The molecule has 0 aliphatic carbocycles. The second kappa shape index (κ2) is 5.26. The molecule has 1 nitrogen and oxygen atoms in total. The summed E-state index contributed by atoms with van der Waals surface area (Å²) in [5.74, 6) is -3.14. The van der Waals surface area contributed by atoms with Crippen molar-refractivity contribution in [2.75, 3.05) is 0 Å². The van der Waals surface area contributed by atoms with Crippen LogP contribution in [0.2, 0.25) is 0 Å². The number of hydrogen-bond donors (Lipinski definition) is 1. The lowest BCUT2D eigenvalue weighted by molar-refractivity contribution is -0.0361. The van der Waals surface area contributed by atoms with Gasteiger partial charge in [-0.15, -0.1) is 0 Å². The van der Waals surface area contributed by atoms with E-state index in [0.717, 1.165) is 17.6 Å². The van der Waals surface area contributed by atoms with Crippen molar-refractivity contribution in [1.82, 2.24) is 0 Å². The summed E-state index contributed by atoms with van der Waals surface area (Å²) in [6, 6.07) is 7.05. The van der Waals surface area contributed by atoms with E-state index < -0.39 is 14.5 Å². The van der Waals surface area contributed by atoms with Crippen LogP contribution in [-0.2, 0) is 0 Å². The molecule has 86 valence electrons. The molecule has 0 fully saturated rings. The van der Waals surface area contributed by atoms with Crippen LogP contribution in [0.1, 0.15) is 11.1 Å². The van der Waals surface area contributed by atoms with Gasteiger partial charge < -0.3 is 5.41 Å². The Labute approximate surface area is 93.7 Å². The summed E-state index contributed by atoms with van der Waals surface area (Å²) in [4.78, 5) is 0. The van der Waals surface area contributed by atoms with Crippen LogP contribution in [-0.4, -0.2) is 12.1 Å². The Morgan fingerprint density at radius 3 is 2.25 bits per heavy atom. The van der Waals surface area contributed by atoms with Gasteiger partial charge in [0.1, 0.15) is 0 Å². The number of allylic oxidation sites excluding steroid dienone is 1. The van der Waals surface area contributed by atoms with E-state index >= 15 is 0 Å². The molecule has 1 atom stereocenters. The van der Waals surface area contributed by atoms with Gasteiger partial charge in [-0.25, -0.2) is 0 Å². The highest BCUT2D eigenvalue weighted by molar-refractivity contribution is 7.43. The normalized spacial score (nSPS) is 13.4. The van der Waals surface area contributed by atoms with E-state index in [4.69, 9.17) is 5.41 Å². The molecule has 0 aromatic heterocycles. The second-order valence-electron chi connectivity index (χ2n) is 3.25. The highest BCUT2D eigenvalue weighted by Gasteiger charge is 2.25. The van der Waals surface area contributed by atoms with E-state index in [1.807, 2.05) is 19.1 Å². The smallest absolute Gasteiger partial charge is 0.308 e. The lowest BCUT2D eigenvalue weighted by Crippen LogP contribution is -1.95. The molecule has 0 amide bonds. The molecule has 0 saturated heterocycles. The van der Waals surface area contributed by atoms with Crippen LogP contribution >= 0.6 is 8.58 Å². The van der Waals surface area contributed by atoms with Crippen molar-refractivity contribution < 1.29 is 13.2 Å². The van der Waals surface area contributed by atoms with Crippen LogP contribution in [0.25, 0.3) is 5.57 Å². The Bertz CT molecular complexity index is 393. The van der Waals surface area contributed by atoms with Gasteiger partial charge in [0, 0.05) is 14.8 Å². The van der Waals surface area contributed by atoms with E-state index in [-0.39, 0.29) is 0 Å². The number of nitrogens with one attached hydrogen (secondary N) is 1. The molecule has 1 rings (SSSR count).